The second kappa shape index (κ2) is 10.7. The van der Waals surface area contributed by atoms with Crippen molar-refractivity contribution in [2.75, 3.05) is 12.4 Å². The lowest BCUT2D eigenvalue weighted by atomic mass is 10.1. The zero-order valence-corrected chi connectivity index (χ0v) is 19.9. The molecule has 0 fully saturated rings. The minimum absolute atomic E-state index is 0.108. The molecule has 7 nitrogen and oxygen atoms in total. The van der Waals surface area contributed by atoms with Gasteiger partial charge in [0, 0.05) is 5.69 Å². The Bertz CT molecular complexity index is 1470. The molecule has 0 aliphatic rings. The van der Waals surface area contributed by atoms with Crippen LogP contribution in [0.5, 0.6) is 11.5 Å². The molecule has 0 unspecified atom stereocenters. The van der Waals surface area contributed by atoms with Gasteiger partial charge in [-0.1, -0.05) is 35.9 Å². The topological polar surface area (TPSA) is 105 Å². The Hall–Kier alpha value is -4.01. The summed E-state index contributed by atoms with van der Waals surface area (Å²) in [5.74, 6) is -1.39. The summed E-state index contributed by atoms with van der Waals surface area (Å²) in [6, 6.07) is 15.4. The molecule has 12 heteroatoms. The summed E-state index contributed by atoms with van der Waals surface area (Å²) < 4.78 is 74.2. The van der Waals surface area contributed by atoms with Gasteiger partial charge in [-0.25, -0.2) is 0 Å². The van der Waals surface area contributed by atoms with Crippen molar-refractivity contribution in [2.45, 2.75) is 11.1 Å². The first-order valence-electron chi connectivity index (χ1n) is 9.92. The average molecular weight is 537 g/mol. The molecule has 1 N–H and O–H groups in total. The quantitative estimate of drug-likeness (QED) is 0.236. The summed E-state index contributed by atoms with van der Waals surface area (Å²) in [5, 5.41) is 11.5. The first kappa shape index (κ1) is 26.6. The number of halogens is 4. The van der Waals surface area contributed by atoms with E-state index in [0.29, 0.717) is 0 Å². The van der Waals surface area contributed by atoms with Gasteiger partial charge in [0.05, 0.1) is 17.7 Å². The van der Waals surface area contributed by atoms with E-state index in [1.165, 1.54) is 49.6 Å². The highest BCUT2D eigenvalue weighted by Crippen LogP contribution is 2.39. The van der Waals surface area contributed by atoms with Crippen LogP contribution in [0.1, 0.15) is 11.1 Å². The number of methoxy groups -OCH3 is 1. The molecule has 0 aliphatic heterocycles. The number of amides is 1. The zero-order valence-electron chi connectivity index (χ0n) is 18.3. The van der Waals surface area contributed by atoms with Crippen LogP contribution in [0.25, 0.3) is 6.08 Å². The second-order valence-electron chi connectivity index (χ2n) is 7.09. The Kier molecular flexibility index (Phi) is 7.92. The van der Waals surface area contributed by atoms with E-state index in [2.05, 4.69) is 5.32 Å². The van der Waals surface area contributed by atoms with Gasteiger partial charge in [0.25, 0.3) is 5.91 Å². The molecular formula is C24H16ClF3N2O5S. The van der Waals surface area contributed by atoms with Crippen LogP contribution in [0.3, 0.4) is 0 Å². The van der Waals surface area contributed by atoms with Crippen LogP contribution < -0.4 is 14.2 Å². The molecule has 3 rings (SSSR count). The maximum Gasteiger partial charge on any atom is 0.416 e. The fourth-order valence-electron chi connectivity index (χ4n) is 2.94. The third-order valence-corrected chi connectivity index (χ3v) is 6.12. The number of nitrogens with zero attached hydrogens (tertiary/aromatic N) is 1. The number of benzene rings is 3. The van der Waals surface area contributed by atoms with Gasteiger partial charge in [-0.2, -0.15) is 26.9 Å². The minimum atomic E-state index is -4.61. The van der Waals surface area contributed by atoms with Crippen LogP contribution in [0.2, 0.25) is 5.02 Å². The van der Waals surface area contributed by atoms with Crippen molar-refractivity contribution in [2.24, 2.45) is 0 Å². The standard InChI is InChI=1S/C24H16ClF3N2O5S/c1-34-21-12-15(11-20(25)22(21)35-36(32,33)19-8-3-2-4-9-19)10-16(14-29)23(31)30-18-7-5-6-17(13-18)24(26,27)28/h2-13H,1H3,(H,30,31)/b16-10+. The summed E-state index contributed by atoms with van der Waals surface area (Å²) in [4.78, 5) is 12.4. The lowest BCUT2D eigenvalue weighted by Crippen LogP contribution is -2.14. The van der Waals surface area contributed by atoms with Crippen molar-refractivity contribution in [1.82, 2.24) is 0 Å². The molecule has 0 aromatic heterocycles. The lowest BCUT2D eigenvalue weighted by Gasteiger charge is -2.13. The molecule has 0 saturated heterocycles. The van der Waals surface area contributed by atoms with Crippen LogP contribution >= 0.6 is 11.6 Å². The molecule has 36 heavy (non-hydrogen) atoms. The molecule has 3 aromatic carbocycles. The SMILES string of the molecule is COc1cc(/C=C(\C#N)C(=O)Nc2cccc(C(F)(F)F)c2)cc(Cl)c1OS(=O)(=O)c1ccccc1. The van der Waals surface area contributed by atoms with E-state index >= 15 is 0 Å². The number of hydrogen-bond donors (Lipinski definition) is 1. The Morgan fingerprint density at radius 3 is 2.39 bits per heavy atom. The molecule has 0 heterocycles. The van der Waals surface area contributed by atoms with E-state index in [4.69, 9.17) is 20.5 Å². The monoisotopic (exact) mass is 536 g/mol. The maximum absolute atomic E-state index is 12.9. The van der Waals surface area contributed by atoms with Gasteiger partial charge in [-0.05, 0) is 54.1 Å². The van der Waals surface area contributed by atoms with Crippen molar-refractivity contribution in [3.63, 3.8) is 0 Å². The van der Waals surface area contributed by atoms with Crippen molar-refractivity contribution >= 4 is 39.4 Å². The van der Waals surface area contributed by atoms with Crippen LogP contribution in [0, 0.1) is 11.3 Å². The van der Waals surface area contributed by atoms with Crippen LogP contribution in [-0.2, 0) is 21.1 Å². The predicted molar refractivity (Wildman–Crippen MR) is 126 cm³/mol. The largest absolute Gasteiger partial charge is 0.493 e. The molecule has 0 radical (unpaired) electrons. The molecule has 1 amide bonds. The fraction of sp³-hybridized carbons (Fsp3) is 0.0833. The van der Waals surface area contributed by atoms with E-state index in [0.717, 1.165) is 24.3 Å². The Balaban J connectivity index is 1.90. The number of carbonyl (C=O) groups excluding carboxylic acids is 1. The lowest BCUT2D eigenvalue weighted by molar-refractivity contribution is -0.137. The molecule has 3 aromatic rings. The van der Waals surface area contributed by atoms with E-state index in [1.807, 2.05) is 0 Å². The van der Waals surface area contributed by atoms with Crippen molar-refractivity contribution in [1.29, 1.82) is 5.26 Å². The van der Waals surface area contributed by atoms with Gasteiger partial charge in [0.2, 0.25) is 5.75 Å². The molecule has 0 aliphatic carbocycles. The number of nitriles is 1. The fourth-order valence-corrected chi connectivity index (χ4v) is 4.22. The van der Waals surface area contributed by atoms with E-state index in [-0.39, 0.29) is 32.7 Å². The highest BCUT2D eigenvalue weighted by molar-refractivity contribution is 7.87. The molecular weight excluding hydrogens is 521 g/mol. The molecule has 0 saturated carbocycles. The number of nitrogens with one attached hydrogen (secondary N) is 1. The normalized spacial score (nSPS) is 11.9. The van der Waals surface area contributed by atoms with Gasteiger partial charge >= 0.3 is 16.3 Å². The van der Waals surface area contributed by atoms with Crippen LogP contribution in [0.15, 0.2) is 77.2 Å². The maximum atomic E-state index is 12.9. The number of rotatable bonds is 7. The van der Waals surface area contributed by atoms with Gasteiger partial charge in [-0.15, -0.1) is 0 Å². The molecule has 0 spiro atoms. The van der Waals surface area contributed by atoms with Crippen LogP contribution in [-0.4, -0.2) is 21.4 Å². The smallest absolute Gasteiger partial charge is 0.416 e. The van der Waals surface area contributed by atoms with Crippen LogP contribution in [0.4, 0.5) is 18.9 Å². The molecule has 0 atom stereocenters. The van der Waals surface area contributed by atoms with E-state index in [1.54, 1.807) is 12.1 Å². The number of anilines is 1. The first-order valence-corrected chi connectivity index (χ1v) is 11.7. The van der Waals surface area contributed by atoms with E-state index in [9.17, 15) is 31.6 Å². The van der Waals surface area contributed by atoms with Crippen molar-refractivity contribution in [3.05, 3.63) is 88.5 Å². The summed E-state index contributed by atoms with van der Waals surface area (Å²) in [7, 11) is -3.02. The van der Waals surface area contributed by atoms with E-state index < -0.39 is 33.3 Å². The summed E-state index contributed by atoms with van der Waals surface area (Å²) in [6.07, 6.45) is -3.51. The molecule has 0 bridgehead atoms. The summed E-state index contributed by atoms with van der Waals surface area (Å²) in [6.45, 7) is 0. The van der Waals surface area contributed by atoms with Gasteiger partial charge in [0.15, 0.2) is 5.75 Å². The number of carbonyl (C=O) groups is 1. The van der Waals surface area contributed by atoms with Crippen molar-refractivity contribution < 1.29 is 35.3 Å². The number of ether oxygens (including phenoxy) is 1. The summed E-state index contributed by atoms with van der Waals surface area (Å²) in [5.41, 5.74) is -1.44. The third kappa shape index (κ3) is 6.35. The highest BCUT2D eigenvalue weighted by atomic mass is 35.5. The molecule has 186 valence electrons. The third-order valence-electron chi connectivity index (χ3n) is 4.60. The van der Waals surface area contributed by atoms with Gasteiger partial charge < -0.3 is 14.2 Å². The van der Waals surface area contributed by atoms with Gasteiger partial charge in [0.1, 0.15) is 16.5 Å². The predicted octanol–water partition coefficient (Wildman–Crippen LogP) is 5.68. The number of alkyl halides is 3. The second-order valence-corrected chi connectivity index (χ2v) is 9.04. The average Bonchev–Trinajstić information content (AvgIpc) is 2.84. The Labute approximate surface area is 209 Å². The Morgan fingerprint density at radius 1 is 1.08 bits per heavy atom. The minimum Gasteiger partial charge on any atom is -0.493 e. The number of hydrogen-bond acceptors (Lipinski definition) is 6. The summed E-state index contributed by atoms with van der Waals surface area (Å²) >= 11 is 6.21. The van der Waals surface area contributed by atoms with Crippen molar-refractivity contribution in [3.8, 4) is 17.6 Å². The highest BCUT2D eigenvalue weighted by Gasteiger charge is 2.30. The first-order chi connectivity index (χ1) is 16.9. The van der Waals surface area contributed by atoms with Gasteiger partial charge in [-0.3, -0.25) is 4.79 Å². The zero-order chi connectivity index (χ0) is 26.5. The Morgan fingerprint density at radius 2 is 1.78 bits per heavy atom.